The zero-order chi connectivity index (χ0) is 24.1. The molecule has 3 aromatic rings. The summed E-state index contributed by atoms with van der Waals surface area (Å²) in [5.74, 6) is -0.457. The van der Waals surface area contributed by atoms with E-state index < -0.39 is 12.0 Å². The fraction of sp³-hybridized carbons (Fsp3) is 0.375. The van der Waals surface area contributed by atoms with E-state index >= 15 is 0 Å². The number of carboxylic acids is 1. The third kappa shape index (κ3) is 5.68. The number of fused-ring (bicyclic) bond motifs is 1. The molecule has 1 aromatic carbocycles. The van der Waals surface area contributed by atoms with Crippen LogP contribution < -0.4 is 4.74 Å². The van der Waals surface area contributed by atoms with E-state index in [2.05, 4.69) is 4.98 Å². The molecule has 10 heteroatoms. The van der Waals surface area contributed by atoms with Crippen molar-refractivity contribution in [2.45, 2.75) is 23.1 Å². The van der Waals surface area contributed by atoms with E-state index in [-0.39, 0.29) is 18.3 Å². The van der Waals surface area contributed by atoms with Crippen LogP contribution in [0.15, 0.2) is 46.1 Å². The highest BCUT2D eigenvalue weighted by atomic mass is 32.2. The maximum Gasteiger partial charge on any atom is 0.322 e. The number of carbonyl (C=O) groups excluding carboxylic acids is 1. The lowest BCUT2D eigenvalue weighted by Crippen LogP contribution is -2.58. The van der Waals surface area contributed by atoms with Gasteiger partial charge < -0.3 is 14.7 Å². The molecule has 180 valence electrons. The van der Waals surface area contributed by atoms with Gasteiger partial charge in [-0.2, -0.15) is 0 Å². The number of piperazine rings is 1. The third-order valence-corrected chi connectivity index (χ3v) is 8.08. The number of thiophene rings is 1. The van der Waals surface area contributed by atoms with Crippen LogP contribution in [-0.4, -0.2) is 76.9 Å². The van der Waals surface area contributed by atoms with Crippen molar-refractivity contribution in [2.24, 2.45) is 0 Å². The Labute approximate surface area is 205 Å². The quantitative estimate of drug-likeness (QED) is 0.445. The minimum Gasteiger partial charge on any atom is -0.497 e. The van der Waals surface area contributed by atoms with Crippen molar-refractivity contribution in [1.29, 1.82) is 0 Å². The highest BCUT2D eigenvalue weighted by molar-refractivity contribution is 8.01. The van der Waals surface area contributed by atoms with Gasteiger partial charge in [0.15, 0.2) is 0 Å². The molecule has 0 radical (unpaired) electrons. The molecular formula is C24H26FN3O4S2. The summed E-state index contributed by atoms with van der Waals surface area (Å²) in [7, 11) is 1.56. The lowest BCUT2D eigenvalue weighted by Gasteiger charge is -2.39. The molecule has 0 spiro atoms. The number of amides is 1. The van der Waals surface area contributed by atoms with Gasteiger partial charge in [-0.1, -0.05) is 6.07 Å². The maximum absolute atomic E-state index is 14.6. The molecule has 0 unspecified atom stereocenters. The maximum atomic E-state index is 14.6. The molecule has 1 aliphatic rings. The van der Waals surface area contributed by atoms with Crippen LogP contribution in [0.4, 0.5) is 4.39 Å². The smallest absolute Gasteiger partial charge is 0.322 e. The average Bonchev–Trinajstić information content (AvgIpc) is 3.37. The Kier molecular flexibility index (Phi) is 8.02. The Morgan fingerprint density at radius 2 is 2.18 bits per heavy atom. The summed E-state index contributed by atoms with van der Waals surface area (Å²) < 4.78 is 20.9. The third-order valence-electron chi connectivity index (χ3n) is 5.97. The van der Waals surface area contributed by atoms with Gasteiger partial charge in [0.1, 0.15) is 17.6 Å². The number of rotatable bonds is 9. The highest BCUT2D eigenvalue weighted by Gasteiger charge is 2.33. The Hall–Kier alpha value is -2.69. The number of aromatic nitrogens is 1. The number of pyridine rings is 1. The highest BCUT2D eigenvalue weighted by Crippen LogP contribution is 2.26. The fourth-order valence-corrected chi connectivity index (χ4v) is 5.85. The first-order valence-electron chi connectivity index (χ1n) is 11.0. The van der Waals surface area contributed by atoms with Crippen molar-refractivity contribution in [2.75, 3.05) is 39.0 Å². The van der Waals surface area contributed by atoms with E-state index in [1.807, 2.05) is 22.4 Å². The first kappa shape index (κ1) is 24.4. The van der Waals surface area contributed by atoms with Gasteiger partial charge in [-0.3, -0.25) is 19.5 Å². The number of hydrogen-bond acceptors (Lipinski definition) is 7. The van der Waals surface area contributed by atoms with Gasteiger partial charge in [-0.15, -0.1) is 23.1 Å². The normalized spacial score (nSPS) is 16.6. The molecule has 1 atom stereocenters. The molecule has 1 fully saturated rings. The average molecular weight is 504 g/mol. The van der Waals surface area contributed by atoms with E-state index in [9.17, 15) is 19.1 Å². The van der Waals surface area contributed by atoms with Crippen molar-refractivity contribution in [1.82, 2.24) is 14.8 Å². The number of ether oxygens (including phenoxy) is 1. The largest absolute Gasteiger partial charge is 0.497 e. The van der Waals surface area contributed by atoms with Crippen LogP contribution >= 0.6 is 23.1 Å². The molecule has 0 bridgehead atoms. The molecule has 4 rings (SSSR count). The van der Waals surface area contributed by atoms with Crippen molar-refractivity contribution < 1.29 is 23.8 Å². The molecule has 34 heavy (non-hydrogen) atoms. The Bertz CT molecular complexity index is 1160. The fourth-order valence-electron chi connectivity index (χ4n) is 4.16. The molecule has 1 saturated heterocycles. The summed E-state index contributed by atoms with van der Waals surface area (Å²) in [6.45, 7) is 1.61. The molecule has 1 N–H and O–H groups in total. The number of aliphatic carboxylic acids is 1. The van der Waals surface area contributed by atoms with Crippen LogP contribution in [0, 0.1) is 5.82 Å². The summed E-state index contributed by atoms with van der Waals surface area (Å²) in [4.78, 5) is 32.2. The predicted molar refractivity (Wildman–Crippen MR) is 131 cm³/mol. The van der Waals surface area contributed by atoms with Crippen LogP contribution in [0.1, 0.15) is 12.0 Å². The number of benzene rings is 1. The molecule has 2 aromatic heterocycles. The lowest BCUT2D eigenvalue weighted by molar-refractivity contribution is -0.148. The van der Waals surface area contributed by atoms with Gasteiger partial charge in [0.05, 0.1) is 28.8 Å². The monoisotopic (exact) mass is 503 g/mol. The zero-order valence-electron chi connectivity index (χ0n) is 18.8. The summed E-state index contributed by atoms with van der Waals surface area (Å²) in [5, 5.41) is 12.4. The SMILES string of the molecule is COc1ccc2ncc(F)c(CCCN3CCN(C(=O)CSc4cccs4)C[C@@H]3C(=O)O)c2c1. The standard InChI is InChI=1S/C24H26FN3O4S2/c1-32-16-6-7-20-18(12-16)17(19(25)13-26-20)4-2-8-27-9-10-28(14-21(27)24(30)31)22(29)15-34-23-5-3-11-33-23/h3,5-7,11-13,21H,2,4,8-10,14-15H2,1H3,(H,30,31)/t21-/m1/s1. The molecular weight excluding hydrogens is 477 g/mol. The van der Waals surface area contributed by atoms with Crippen LogP contribution in [0.2, 0.25) is 0 Å². The topological polar surface area (TPSA) is 83.0 Å². The molecule has 1 amide bonds. The van der Waals surface area contributed by atoms with Gasteiger partial charge in [-0.25, -0.2) is 4.39 Å². The van der Waals surface area contributed by atoms with E-state index in [0.717, 1.165) is 4.21 Å². The lowest BCUT2D eigenvalue weighted by atomic mass is 10.0. The molecule has 0 saturated carbocycles. The van der Waals surface area contributed by atoms with E-state index in [1.54, 1.807) is 41.5 Å². The number of methoxy groups -OCH3 is 1. The minimum atomic E-state index is -0.950. The van der Waals surface area contributed by atoms with Crippen LogP contribution in [0.25, 0.3) is 10.9 Å². The Morgan fingerprint density at radius 1 is 1.32 bits per heavy atom. The van der Waals surface area contributed by atoms with Crippen LogP contribution in [-0.2, 0) is 16.0 Å². The number of carboxylic acid groups (broad SMARTS) is 1. The molecule has 0 aliphatic carbocycles. The van der Waals surface area contributed by atoms with Gasteiger partial charge in [0, 0.05) is 25.0 Å². The first-order chi connectivity index (χ1) is 16.5. The number of aryl methyl sites for hydroxylation is 1. The van der Waals surface area contributed by atoms with E-state index in [4.69, 9.17) is 4.74 Å². The molecule has 1 aliphatic heterocycles. The van der Waals surface area contributed by atoms with E-state index in [0.29, 0.717) is 60.4 Å². The summed E-state index contributed by atoms with van der Waals surface area (Å²) in [5.41, 5.74) is 1.24. The first-order valence-corrected chi connectivity index (χ1v) is 12.8. The van der Waals surface area contributed by atoms with Crippen molar-refractivity contribution in [3.63, 3.8) is 0 Å². The molecule has 3 heterocycles. The second-order valence-electron chi connectivity index (χ2n) is 8.02. The second kappa shape index (κ2) is 11.2. The van der Waals surface area contributed by atoms with Crippen molar-refractivity contribution in [3.05, 3.63) is 53.3 Å². The van der Waals surface area contributed by atoms with Crippen molar-refractivity contribution in [3.8, 4) is 5.75 Å². The summed E-state index contributed by atoms with van der Waals surface area (Å²) >= 11 is 3.05. The second-order valence-corrected chi connectivity index (χ2v) is 10.2. The van der Waals surface area contributed by atoms with Gasteiger partial charge in [0.2, 0.25) is 5.91 Å². The summed E-state index contributed by atoms with van der Waals surface area (Å²) in [6.07, 6.45) is 2.25. The predicted octanol–water partition coefficient (Wildman–Crippen LogP) is 3.77. The van der Waals surface area contributed by atoms with Crippen molar-refractivity contribution >= 4 is 45.9 Å². The molecule has 7 nitrogen and oxygen atoms in total. The van der Waals surface area contributed by atoms with Gasteiger partial charge in [0.25, 0.3) is 0 Å². The van der Waals surface area contributed by atoms with Crippen LogP contribution in [0.5, 0.6) is 5.75 Å². The number of halogens is 1. The number of nitrogens with zero attached hydrogens (tertiary/aromatic N) is 3. The zero-order valence-corrected chi connectivity index (χ0v) is 20.4. The minimum absolute atomic E-state index is 0.0522. The van der Waals surface area contributed by atoms with Gasteiger partial charge >= 0.3 is 5.97 Å². The summed E-state index contributed by atoms with van der Waals surface area (Å²) in [6, 6.07) is 8.49. The number of thioether (sulfide) groups is 1. The Balaban J connectivity index is 1.36. The van der Waals surface area contributed by atoms with Crippen LogP contribution in [0.3, 0.4) is 0 Å². The van der Waals surface area contributed by atoms with E-state index in [1.165, 1.54) is 18.0 Å². The van der Waals surface area contributed by atoms with Gasteiger partial charge in [-0.05, 0) is 54.6 Å². The Morgan fingerprint density at radius 3 is 2.91 bits per heavy atom. The number of carbonyl (C=O) groups is 2. The number of hydrogen-bond donors (Lipinski definition) is 1.